The first-order valence-electron chi connectivity index (χ1n) is 7.50. The van der Waals surface area contributed by atoms with Gasteiger partial charge in [-0.3, -0.25) is 4.79 Å². The summed E-state index contributed by atoms with van der Waals surface area (Å²) in [6.45, 7) is 0. The number of benzene rings is 2. The van der Waals surface area contributed by atoms with Crippen molar-refractivity contribution >= 4 is 28.1 Å². The van der Waals surface area contributed by atoms with Gasteiger partial charge in [-0.05, 0) is 34.1 Å². The molecule has 2 aromatic carbocycles. The number of amides is 1. The Labute approximate surface area is 160 Å². The van der Waals surface area contributed by atoms with Gasteiger partial charge in [0, 0.05) is 23.3 Å². The van der Waals surface area contributed by atoms with E-state index in [0.717, 1.165) is 4.47 Å². The van der Waals surface area contributed by atoms with E-state index >= 15 is 0 Å². The number of carbonyl (C=O) groups is 1. The predicted octanol–water partition coefficient (Wildman–Crippen LogP) is 3.25. The second-order valence-corrected chi connectivity index (χ2v) is 5.88. The number of hydrogen-bond acceptors (Lipinski definition) is 6. The molecular formula is C18H19BrN2O5. The van der Waals surface area contributed by atoms with E-state index in [2.05, 4.69) is 26.5 Å². The van der Waals surface area contributed by atoms with Crippen LogP contribution < -0.4 is 24.4 Å². The Hall–Kier alpha value is -2.74. The molecule has 0 aromatic heterocycles. The lowest BCUT2D eigenvalue weighted by Gasteiger charge is -2.09. The van der Waals surface area contributed by atoms with Gasteiger partial charge < -0.3 is 18.9 Å². The first-order valence-corrected chi connectivity index (χ1v) is 8.29. The molecule has 2 aromatic rings. The fourth-order valence-corrected chi connectivity index (χ4v) is 2.67. The summed E-state index contributed by atoms with van der Waals surface area (Å²) in [4.78, 5) is 12.3. The third kappa shape index (κ3) is 4.66. The molecule has 26 heavy (non-hydrogen) atoms. The first kappa shape index (κ1) is 19.6. The Morgan fingerprint density at radius 3 is 2.08 bits per heavy atom. The molecule has 0 aliphatic rings. The number of halogens is 1. The fourth-order valence-electron chi connectivity index (χ4n) is 2.15. The predicted molar refractivity (Wildman–Crippen MR) is 102 cm³/mol. The Bertz CT molecular complexity index is 801. The van der Waals surface area contributed by atoms with Gasteiger partial charge in [-0.15, -0.1) is 0 Å². The molecule has 0 saturated carbocycles. The molecule has 0 aliphatic carbocycles. The molecule has 0 radical (unpaired) electrons. The molecule has 8 heteroatoms. The minimum absolute atomic E-state index is 0.362. The van der Waals surface area contributed by atoms with Crippen LogP contribution in [0.3, 0.4) is 0 Å². The molecule has 1 amide bonds. The minimum atomic E-state index is -0.398. The number of hydrazone groups is 1. The highest BCUT2D eigenvalue weighted by atomic mass is 79.9. The molecule has 0 aliphatic heterocycles. The molecule has 0 heterocycles. The molecule has 0 fully saturated rings. The normalized spacial score (nSPS) is 10.5. The second kappa shape index (κ2) is 9.10. The van der Waals surface area contributed by atoms with Crippen molar-refractivity contribution in [2.45, 2.75) is 0 Å². The molecule has 0 spiro atoms. The quantitative estimate of drug-likeness (QED) is 0.547. The van der Waals surface area contributed by atoms with E-state index in [-0.39, 0.29) is 0 Å². The summed E-state index contributed by atoms with van der Waals surface area (Å²) in [5.41, 5.74) is 3.50. The van der Waals surface area contributed by atoms with Gasteiger partial charge in [-0.2, -0.15) is 5.10 Å². The maximum absolute atomic E-state index is 12.3. The smallest absolute Gasteiger partial charge is 0.271 e. The van der Waals surface area contributed by atoms with Crippen molar-refractivity contribution in [2.24, 2.45) is 5.10 Å². The summed E-state index contributed by atoms with van der Waals surface area (Å²) in [6.07, 6.45) is 1.48. The standard InChI is InChI=1S/C18H19BrN2O5/c1-23-13-5-11(6-14(8-13)24-2)18(22)21-20-10-12-7-15(19)17(26-4)9-16(12)25-3/h5-10H,1-4H3,(H,21,22). The van der Waals surface area contributed by atoms with Crippen LogP contribution in [0.25, 0.3) is 0 Å². The Morgan fingerprint density at radius 1 is 0.923 bits per heavy atom. The van der Waals surface area contributed by atoms with Crippen LogP contribution in [0.5, 0.6) is 23.0 Å². The molecule has 0 atom stereocenters. The lowest BCUT2D eigenvalue weighted by atomic mass is 10.2. The third-order valence-corrected chi connectivity index (χ3v) is 4.11. The van der Waals surface area contributed by atoms with Gasteiger partial charge in [0.25, 0.3) is 5.91 Å². The molecule has 138 valence electrons. The zero-order valence-electron chi connectivity index (χ0n) is 14.8. The number of hydrogen-bond donors (Lipinski definition) is 1. The van der Waals surface area contributed by atoms with Crippen molar-refractivity contribution in [2.75, 3.05) is 28.4 Å². The van der Waals surface area contributed by atoms with Crippen molar-refractivity contribution in [1.82, 2.24) is 5.43 Å². The second-order valence-electron chi connectivity index (χ2n) is 5.03. The summed E-state index contributed by atoms with van der Waals surface area (Å²) < 4.78 is 21.6. The molecule has 0 unspecified atom stereocenters. The number of nitrogens with one attached hydrogen (secondary N) is 1. The Morgan fingerprint density at radius 2 is 1.54 bits per heavy atom. The van der Waals surface area contributed by atoms with Gasteiger partial charge in [-0.1, -0.05) is 0 Å². The fraction of sp³-hybridized carbons (Fsp3) is 0.222. The number of nitrogens with zero attached hydrogens (tertiary/aromatic N) is 1. The van der Waals surface area contributed by atoms with Crippen LogP contribution in [0.15, 0.2) is 39.9 Å². The van der Waals surface area contributed by atoms with E-state index in [1.54, 1.807) is 44.6 Å². The van der Waals surface area contributed by atoms with Crippen LogP contribution in [0.4, 0.5) is 0 Å². The number of carbonyl (C=O) groups excluding carboxylic acids is 1. The lowest BCUT2D eigenvalue weighted by Crippen LogP contribution is -2.17. The van der Waals surface area contributed by atoms with Crippen LogP contribution in [0, 0.1) is 0 Å². The largest absolute Gasteiger partial charge is 0.497 e. The van der Waals surface area contributed by atoms with Crippen LogP contribution >= 0.6 is 15.9 Å². The van der Waals surface area contributed by atoms with Crippen LogP contribution in [-0.4, -0.2) is 40.6 Å². The zero-order valence-corrected chi connectivity index (χ0v) is 16.4. The number of methoxy groups -OCH3 is 4. The van der Waals surface area contributed by atoms with Crippen LogP contribution in [0.1, 0.15) is 15.9 Å². The summed E-state index contributed by atoms with van der Waals surface area (Å²) in [5, 5.41) is 3.99. The van der Waals surface area contributed by atoms with Crippen molar-refractivity contribution in [3.63, 3.8) is 0 Å². The highest BCUT2D eigenvalue weighted by Crippen LogP contribution is 2.32. The third-order valence-electron chi connectivity index (χ3n) is 3.49. The lowest BCUT2D eigenvalue weighted by molar-refractivity contribution is 0.0954. The average Bonchev–Trinajstić information content (AvgIpc) is 2.67. The van der Waals surface area contributed by atoms with E-state index in [4.69, 9.17) is 18.9 Å². The van der Waals surface area contributed by atoms with Gasteiger partial charge in [0.15, 0.2) is 0 Å². The number of ether oxygens (including phenoxy) is 4. The van der Waals surface area contributed by atoms with Crippen molar-refractivity contribution in [1.29, 1.82) is 0 Å². The molecular weight excluding hydrogens is 404 g/mol. The molecule has 7 nitrogen and oxygen atoms in total. The summed E-state index contributed by atoms with van der Waals surface area (Å²) in [7, 11) is 6.14. The Balaban J connectivity index is 2.18. The molecule has 1 N–H and O–H groups in total. The van der Waals surface area contributed by atoms with Gasteiger partial charge in [0.2, 0.25) is 0 Å². The molecule has 0 saturated heterocycles. The topological polar surface area (TPSA) is 78.4 Å². The van der Waals surface area contributed by atoms with Gasteiger partial charge in [0.05, 0.1) is 39.1 Å². The van der Waals surface area contributed by atoms with Gasteiger partial charge in [0.1, 0.15) is 23.0 Å². The van der Waals surface area contributed by atoms with Crippen molar-refractivity contribution in [3.8, 4) is 23.0 Å². The minimum Gasteiger partial charge on any atom is -0.497 e. The van der Waals surface area contributed by atoms with Gasteiger partial charge >= 0.3 is 0 Å². The highest BCUT2D eigenvalue weighted by Gasteiger charge is 2.10. The summed E-state index contributed by atoms with van der Waals surface area (Å²) in [6, 6.07) is 8.37. The average molecular weight is 423 g/mol. The van der Waals surface area contributed by atoms with Crippen molar-refractivity contribution < 1.29 is 23.7 Å². The molecule has 2 rings (SSSR count). The van der Waals surface area contributed by atoms with Crippen LogP contribution in [-0.2, 0) is 0 Å². The van der Waals surface area contributed by atoms with E-state index in [1.165, 1.54) is 20.4 Å². The van der Waals surface area contributed by atoms with E-state index in [9.17, 15) is 4.79 Å². The SMILES string of the molecule is COc1cc(OC)cc(C(=O)NN=Cc2cc(Br)c(OC)cc2OC)c1. The van der Waals surface area contributed by atoms with Gasteiger partial charge in [-0.25, -0.2) is 5.43 Å². The van der Waals surface area contributed by atoms with Crippen LogP contribution in [0.2, 0.25) is 0 Å². The van der Waals surface area contributed by atoms with E-state index < -0.39 is 5.91 Å². The highest BCUT2D eigenvalue weighted by molar-refractivity contribution is 9.10. The maximum atomic E-state index is 12.3. The molecule has 0 bridgehead atoms. The zero-order chi connectivity index (χ0) is 19.1. The number of rotatable bonds is 7. The van der Waals surface area contributed by atoms with E-state index in [0.29, 0.717) is 34.1 Å². The monoisotopic (exact) mass is 422 g/mol. The van der Waals surface area contributed by atoms with E-state index in [1.807, 2.05) is 0 Å². The summed E-state index contributed by atoms with van der Waals surface area (Å²) >= 11 is 3.40. The summed E-state index contributed by atoms with van der Waals surface area (Å²) in [5.74, 6) is 1.82. The van der Waals surface area contributed by atoms with Crippen molar-refractivity contribution in [3.05, 3.63) is 45.9 Å². The first-order chi connectivity index (χ1) is 12.5. The Kier molecular flexibility index (Phi) is 6.85. The maximum Gasteiger partial charge on any atom is 0.271 e.